The zero-order valence-electron chi connectivity index (χ0n) is 24.8. The van der Waals surface area contributed by atoms with E-state index in [1.54, 1.807) is 11.2 Å². The molecule has 1 atom stereocenters. The van der Waals surface area contributed by atoms with Gasteiger partial charge in [0.25, 0.3) is 0 Å². The molecule has 1 unspecified atom stereocenters. The molecule has 6 nitrogen and oxygen atoms in total. The molecular weight excluding hydrogens is 545 g/mol. The molecule has 2 aliphatic heterocycles. The lowest BCUT2D eigenvalue weighted by molar-refractivity contribution is -0.140. The summed E-state index contributed by atoms with van der Waals surface area (Å²) >= 11 is 0. The largest absolute Gasteiger partial charge is 0.466 e. The van der Waals surface area contributed by atoms with Crippen molar-refractivity contribution in [1.82, 2.24) is 5.01 Å². The molecule has 2 aromatic carbocycles. The molecule has 0 fully saturated rings. The highest BCUT2D eigenvalue weighted by Gasteiger charge is 2.63. The number of ether oxygens (including phenoxy) is 2. The molecule has 0 amide bonds. The van der Waals surface area contributed by atoms with Gasteiger partial charge in [-0.1, -0.05) is 69.3 Å². The molecule has 41 heavy (non-hydrogen) atoms. The molecule has 3 aliphatic rings. The summed E-state index contributed by atoms with van der Waals surface area (Å²) in [6, 6.07) is 11.8. The van der Waals surface area contributed by atoms with Crippen LogP contribution in [0.3, 0.4) is 0 Å². The third-order valence-corrected chi connectivity index (χ3v) is 9.00. The van der Waals surface area contributed by atoms with Crippen LogP contribution in [0.1, 0.15) is 22.3 Å². The predicted molar refractivity (Wildman–Crippen MR) is 167 cm³/mol. The van der Waals surface area contributed by atoms with Crippen LogP contribution < -0.4 is 0 Å². The van der Waals surface area contributed by atoms with Crippen molar-refractivity contribution < 1.29 is 19.1 Å². The minimum absolute atomic E-state index is 0.0703. The van der Waals surface area contributed by atoms with Crippen LogP contribution in [0.5, 0.6) is 0 Å². The van der Waals surface area contributed by atoms with Gasteiger partial charge in [-0.2, -0.15) is 5.10 Å². The number of carbonyl (C=O) groups excluding carboxylic acids is 2. The third-order valence-electron chi connectivity index (χ3n) is 7.25. The van der Waals surface area contributed by atoms with E-state index in [9.17, 15) is 9.59 Å². The smallest absolute Gasteiger partial charge is 0.356 e. The van der Waals surface area contributed by atoms with Crippen LogP contribution in [0.25, 0.3) is 11.1 Å². The second kappa shape index (κ2) is 10.1. The second-order valence-electron chi connectivity index (χ2n) is 12.5. The lowest BCUT2D eigenvalue weighted by Gasteiger charge is -2.36. The molecule has 0 N–H and O–H groups in total. The summed E-state index contributed by atoms with van der Waals surface area (Å²) in [6.45, 7) is 13.2. The first-order valence-corrected chi connectivity index (χ1v) is 20.6. The van der Waals surface area contributed by atoms with Gasteiger partial charge in [-0.05, 0) is 52.6 Å². The first-order valence-electron chi connectivity index (χ1n) is 13.6. The number of benzene rings is 2. The minimum Gasteiger partial charge on any atom is -0.466 e. The van der Waals surface area contributed by atoms with Crippen LogP contribution in [0.2, 0.25) is 39.3 Å². The van der Waals surface area contributed by atoms with Gasteiger partial charge >= 0.3 is 11.9 Å². The van der Waals surface area contributed by atoms with E-state index in [0.29, 0.717) is 0 Å². The summed E-state index contributed by atoms with van der Waals surface area (Å²) in [4.78, 5) is 27.2. The van der Waals surface area contributed by atoms with E-state index in [2.05, 4.69) is 91.6 Å². The first kappa shape index (κ1) is 28.4. The summed E-state index contributed by atoms with van der Waals surface area (Å²) in [6.07, 6.45) is 5.43. The molecule has 1 spiro atoms. The summed E-state index contributed by atoms with van der Waals surface area (Å²) in [5.74, 6) is 5.49. The van der Waals surface area contributed by atoms with Gasteiger partial charge in [-0.3, -0.25) is 0 Å². The summed E-state index contributed by atoms with van der Waals surface area (Å²) in [5.41, 5.74) is 11.5. The number of hydrogen-bond donors (Lipinski definition) is 0. The number of hydrogen-bond acceptors (Lipinski definition) is 6. The van der Waals surface area contributed by atoms with Crippen LogP contribution >= 0.6 is 0 Å². The van der Waals surface area contributed by atoms with Gasteiger partial charge in [0.2, 0.25) is 0 Å². The maximum absolute atomic E-state index is 13.8. The molecule has 0 aromatic heterocycles. The molecule has 208 valence electrons. The van der Waals surface area contributed by atoms with Gasteiger partial charge < -0.3 is 9.47 Å². The van der Waals surface area contributed by atoms with E-state index in [1.165, 1.54) is 14.2 Å². The fourth-order valence-electron chi connectivity index (χ4n) is 5.66. The Bertz CT molecular complexity index is 1620. The number of fused-ring (bicyclic) bond motifs is 7. The van der Waals surface area contributed by atoms with E-state index >= 15 is 0 Å². The van der Waals surface area contributed by atoms with Crippen LogP contribution in [-0.4, -0.2) is 59.6 Å². The molecule has 0 saturated carbocycles. The summed E-state index contributed by atoms with van der Waals surface area (Å²) in [7, 11) is -0.673. The molecule has 0 bridgehead atoms. The highest BCUT2D eigenvalue weighted by Crippen LogP contribution is 2.61. The molecule has 0 radical (unpaired) electrons. The van der Waals surface area contributed by atoms with Gasteiger partial charge in [-0.25, -0.2) is 14.6 Å². The molecule has 2 aromatic rings. The number of nitrogens with zero attached hydrogens (tertiary/aromatic N) is 2. The fraction of sp³-hybridized carbons (Fsp3) is 0.303. The Kier molecular flexibility index (Phi) is 6.97. The lowest BCUT2D eigenvalue weighted by atomic mass is 9.67. The molecule has 0 saturated heterocycles. The van der Waals surface area contributed by atoms with Gasteiger partial charge in [0.15, 0.2) is 5.70 Å². The summed E-state index contributed by atoms with van der Waals surface area (Å²) < 4.78 is 10.6. The Hall–Kier alpha value is -4.12. The maximum atomic E-state index is 13.8. The molecular formula is C33H34N2O4Si2. The number of rotatable bonds is 2. The monoisotopic (exact) mass is 578 g/mol. The predicted octanol–water partition coefficient (Wildman–Crippen LogP) is 5.25. The lowest BCUT2D eigenvalue weighted by Crippen LogP contribution is -2.44. The Morgan fingerprint density at radius 2 is 1.34 bits per heavy atom. The second-order valence-corrected chi connectivity index (χ2v) is 22.0. The van der Waals surface area contributed by atoms with Crippen LogP contribution in [0, 0.1) is 22.9 Å². The van der Waals surface area contributed by atoms with Crippen molar-refractivity contribution in [2.45, 2.75) is 50.7 Å². The van der Waals surface area contributed by atoms with Gasteiger partial charge in [0, 0.05) is 17.3 Å². The first-order chi connectivity index (χ1) is 19.3. The average molecular weight is 579 g/mol. The SMILES string of the molecule is COC(=O)C1=C(C(=O)OC)C2(c3cc(C#C[Si](C)(C)C)ccc3-c3ccc(C#C[Si](C)(C)C)cc32)C2C=CC=NN12. The number of allylic oxidation sites excluding steroid dienone is 1. The number of hydrazone groups is 1. The van der Waals surface area contributed by atoms with Crippen molar-refractivity contribution in [3.8, 4) is 34.1 Å². The van der Waals surface area contributed by atoms with Crippen molar-refractivity contribution in [3.63, 3.8) is 0 Å². The standard InChI is InChI=1S/C33H34N2O4Si2/c1-38-31(36)29-30(32(37)39-2)35-28(10-9-17-34-35)33(29)26-20-22(15-18-40(3,4)5)11-13-24(26)25-14-12-23(21-27(25)33)16-19-41(6,7)8/h9-14,17,20-21,28H,1-8H3. The third kappa shape index (κ3) is 4.78. The summed E-state index contributed by atoms with van der Waals surface area (Å²) in [5, 5.41) is 6.16. The normalized spacial score (nSPS) is 17.7. The Morgan fingerprint density at radius 1 is 0.829 bits per heavy atom. The van der Waals surface area contributed by atoms with E-state index < -0.39 is 39.5 Å². The Balaban J connectivity index is 1.91. The fourth-order valence-corrected chi connectivity index (χ4v) is 6.70. The molecule has 8 heteroatoms. The zero-order valence-corrected chi connectivity index (χ0v) is 26.8. The topological polar surface area (TPSA) is 68.2 Å². The van der Waals surface area contributed by atoms with Crippen molar-refractivity contribution in [2.75, 3.05) is 14.2 Å². The Labute approximate surface area is 244 Å². The number of esters is 2. The number of methoxy groups -OCH3 is 2. The minimum atomic E-state index is -1.65. The van der Waals surface area contributed by atoms with E-state index in [-0.39, 0.29) is 11.3 Å². The molecule has 5 rings (SSSR count). The average Bonchev–Trinajstić information content (AvgIpc) is 3.40. The zero-order chi connectivity index (χ0) is 29.7. The van der Waals surface area contributed by atoms with Crippen molar-refractivity contribution in [2.24, 2.45) is 5.10 Å². The highest BCUT2D eigenvalue weighted by atomic mass is 28.3. The van der Waals surface area contributed by atoms with Crippen LogP contribution in [-0.2, 0) is 24.5 Å². The van der Waals surface area contributed by atoms with Gasteiger partial charge in [0.1, 0.15) is 16.1 Å². The van der Waals surface area contributed by atoms with E-state index in [0.717, 1.165) is 33.4 Å². The van der Waals surface area contributed by atoms with Crippen molar-refractivity contribution in [3.05, 3.63) is 82.1 Å². The molecule has 2 heterocycles. The highest BCUT2D eigenvalue weighted by molar-refractivity contribution is 6.84. The van der Waals surface area contributed by atoms with E-state index in [4.69, 9.17) is 9.47 Å². The van der Waals surface area contributed by atoms with Gasteiger partial charge in [0.05, 0.1) is 31.2 Å². The van der Waals surface area contributed by atoms with Crippen LogP contribution in [0.4, 0.5) is 0 Å². The van der Waals surface area contributed by atoms with Gasteiger partial charge in [-0.15, -0.1) is 11.1 Å². The maximum Gasteiger partial charge on any atom is 0.356 e. The quantitative estimate of drug-likeness (QED) is 0.277. The number of carbonyl (C=O) groups is 2. The van der Waals surface area contributed by atoms with Crippen molar-refractivity contribution >= 4 is 34.3 Å². The van der Waals surface area contributed by atoms with Crippen LogP contribution in [0.15, 0.2) is 64.9 Å². The van der Waals surface area contributed by atoms with E-state index in [1.807, 2.05) is 24.3 Å². The molecule has 1 aliphatic carbocycles. The Morgan fingerprint density at radius 3 is 1.80 bits per heavy atom. The van der Waals surface area contributed by atoms with Crippen molar-refractivity contribution in [1.29, 1.82) is 0 Å².